The Morgan fingerprint density at radius 3 is 2.23 bits per heavy atom. The maximum Gasteiger partial charge on any atom is 0.263 e. The number of ether oxygens (including phenoxy) is 1. The molecule has 0 aliphatic heterocycles. The number of nitrogens with one attached hydrogen (secondary N) is 1. The van der Waals surface area contributed by atoms with E-state index in [0.29, 0.717) is 11.4 Å². The summed E-state index contributed by atoms with van der Waals surface area (Å²) in [5, 5.41) is 0. The van der Waals surface area contributed by atoms with E-state index in [1.54, 1.807) is 38.3 Å². The third-order valence-corrected chi connectivity index (χ3v) is 5.53. The van der Waals surface area contributed by atoms with Crippen LogP contribution in [0.5, 0.6) is 5.75 Å². The van der Waals surface area contributed by atoms with E-state index in [-0.39, 0.29) is 4.90 Å². The van der Waals surface area contributed by atoms with Crippen molar-refractivity contribution in [2.45, 2.75) is 18.7 Å². The van der Waals surface area contributed by atoms with Crippen molar-refractivity contribution >= 4 is 15.8 Å². The summed E-state index contributed by atoms with van der Waals surface area (Å²) < 4.78 is 33.1. The molecule has 6 heteroatoms. The fourth-order valence-electron chi connectivity index (χ4n) is 2.71. The molecule has 5 nitrogen and oxygen atoms in total. The predicted molar refractivity (Wildman–Crippen MR) is 103 cm³/mol. The second kappa shape index (κ2) is 7.17. The summed E-state index contributed by atoms with van der Waals surface area (Å²) in [7, 11) is -2.08. The smallest absolute Gasteiger partial charge is 0.263 e. The summed E-state index contributed by atoms with van der Waals surface area (Å²) in [6, 6.07) is 18.1. The number of sulfonamides is 1. The third-order valence-electron chi connectivity index (χ3n) is 4.02. The summed E-state index contributed by atoms with van der Waals surface area (Å²) in [6.07, 6.45) is 0. The monoisotopic (exact) mass is 368 g/mol. The zero-order chi connectivity index (χ0) is 18.7. The molecule has 0 fully saturated rings. The molecule has 0 saturated carbocycles. The molecule has 0 atom stereocenters. The molecule has 134 valence electrons. The average molecular weight is 368 g/mol. The fourth-order valence-corrected chi connectivity index (χ4v) is 3.94. The molecule has 0 amide bonds. The molecule has 0 unspecified atom stereocenters. The van der Waals surface area contributed by atoms with Gasteiger partial charge in [0.1, 0.15) is 11.6 Å². The highest BCUT2D eigenvalue weighted by Crippen LogP contribution is 2.27. The molecule has 0 saturated heterocycles. The molecule has 0 bridgehead atoms. The molecule has 3 rings (SSSR count). The predicted octanol–water partition coefficient (Wildman–Crippen LogP) is 4.17. The summed E-state index contributed by atoms with van der Waals surface area (Å²) in [4.78, 5) is 4.43. The molecule has 0 radical (unpaired) electrons. The number of hydrogen-bond acceptors (Lipinski definition) is 4. The minimum Gasteiger partial charge on any atom is -0.497 e. The van der Waals surface area contributed by atoms with Crippen LogP contribution in [0.2, 0.25) is 0 Å². The van der Waals surface area contributed by atoms with Gasteiger partial charge < -0.3 is 4.74 Å². The van der Waals surface area contributed by atoms with Crippen molar-refractivity contribution in [3.05, 3.63) is 71.9 Å². The van der Waals surface area contributed by atoms with Crippen LogP contribution in [-0.4, -0.2) is 20.5 Å². The molecule has 1 aromatic heterocycles. The topological polar surface area (TPSA) is 68.3 Å². The minimum absolute atomic E-state index is 0.234. The van der Waals surface area contributed by atoms with Gasteiger partial charge in [-0.2, -0.15) is 0 Å². The van der Waals surface area contributed by atoms with E-state index in [1.807, 2.05) is 43.3 Å². The number of hydrogen-bond donors (Lipinski definition) is 1. The number of nitrogens with zero attached hydrogens (tertiary/aromatic N) is 1. The van der Waals surface area contributed by atoms with Crippen molar-refractivity contribution in [1.29, 1.82) is 0 Å². The van der Waals surface area contributed by atoms with E-state index in [1.165, 1.54) is 0 Å². The van der Waals surface area contributed by atoms with Gasteiger partial charge in [0.2, 0.25) is 0 Å². The Labute approximate surface area is 153 Å². The van der Waals surface area contributed by atoms with E-state index >= 15 is 0 Å². The van der Waals surface area contributed by atoms with Gasteiger partial charge in [-0.15, -0.1) is 0 Å². The van der Waals surface area contributed by atoms with Crippen LogP contribution < -0.4 is 9.46 Å². The summed E-state index contributed by atoms with van der Waals surface area (Å²) in [6.45, 7) is 3.60. The molecular weight excluding hydrogens is 348 g/mol. The Morgan fingerprint density at radius 1 is 0.923 bits per heavy atom. The molecule has 26 heavy (non-hydrogen) atoms. The first-order chi connectivity index (χ1) is 12.4. The lowest BCUT2D eigenvalue weighted by molar-refractivity contribution is 0.415. The van der Waals surface area contributed by atoms with Gasteiger partial charge in [0.15, 0.2) is 0 Å². The number of methoxy groups -OCH3 is 1. The van der Waals surface area contributed by atoms with Crippen LogP contribution in [0.1, 0.15) is 11.3 Å². The molecule has 1 N–H and O–H groups in total. The molecule has 0 aliphatic rings. The second-order valence-electron chi connectivity index (χ2n) is 5.98. The van der Waals surface area contributed by atoms with E-state index in [4.69, 9.17) is 4.74 Å². The molecule has 0 spiro atoms. The van der Waals surface area contributed by atoms with Gasteiger partial charge in [0.05, 0.1) is 12.0 Å². The first-order valence-corrected chi connectivity index (χ1v) is 9.59. The summed E-state index contributed by atoms with van der Waals surface area (Å²) in [5.41, 5.74) is 3.35. The molecule has 3 aromatic rings. The number of rotatable bonds is 5. The SMILES string of the molecule is COc1ccc(-c2ccc(S(=O)(=O)Nc3cccc(C)n3)c(C)c2)cc1. The zero-order valence-corrected chi connectivity index (χ0v) is 15.7. The average Bonchev–Trinajstić information content (AvgIpc) is 2.61. The van der Waals surface area contributed by atoms with E-state index in [9.17, 15) is 8.42 Å². The Balaban J connectivity index is 1.90. The first-order valence-electron chi connectivity index (χ1n) is 8.10. The number of benzene rings is 2. The molecule has 2 aromatic carbocycles. The number of aromatic nitrogens is 1. The van der Waals surface area contributed by atoms with Crippen LogP contribution in [0.4, 0.5) is 5.82 Å². The Hall–Kier alpha value is -2.86. The van der Waals surface area contributed by atoms with Gasteiger partial charge in [-0.05, 0) is 60.9 Å². The lowest BCUT2D eigenvalue weighted by Crippen LogP contribution is -2.15. The highest BCUT2D eigenvalue weighted by molar-refractivity contribution is 7.92. The van der Waals surface area contributed by atoms with Gasteiger partial charge in [0, 0.05) is 5.69 Å². The highest BCUT2D eigenvalue weighted by atomic mass is 32.2. The van der Waals surface area contributed by atoms with Gasteiger partial charge in [-0.3, -0.25) is 4.72 Å². The maximum atomic E-state index is 12.7. The van der Waals surface area contributed by atoms with Crippen LogP contribution in [0.3, 0.4) is 0 Å². The molecule has 1 heterocycles. The van der Waals surface area contributed by atoms with Gasteiger partial charge >= 0.3 is 0 Å². The van der Waals surface area contributed by atoms with Crippen molar-refractivity contribution in [1.82, 2.24) is 4.98 Å². The van der Waals surface area contributed by atoms with Crippen molar-refractivity contribution < 1.29 is 13.2 Å². The lowest BCUT2D eigenvalue weighted by Gasteiger charge is -2.12. The van der Waals surface area contributed by atoms with Gasteiger partial charge in [-0.25, -0.2) is 13.4 Å². The zero-order valence-electron chi connectivity index (χ0n) is 14.9. The van der Waals surface area contributed by atoms with E-state index in [0.717, 1.165) is 22.6 Å². The largest absolute Gasteiger partial charge is 0.497 e. The van der Waals surface area contributed by atoms with E-state index < -0.39 is 10.0 Å². The second-order valence-corrected chi connectivity index (χ2v) is 7.63. The lowest BCUT2D eigenvalue weighted by atomic mass is 10.0. The minimum atomic E-state index is -3.70. The molecule has 0 aliphatic carbocycles. The van der Waals surface area contributed by atoms with Gasteiger partial charge in [-0.1, -0.05) is 30.3 Å². The molecular formula is C20H20N2O3S. The number of anilines is 1. The van der Waals surface area contributed by atoms with Gasteiger partial charge in [0.25, 0.3) is 10.0 Å². The highest BCUT2D eigenvalue weighted by Gasteiger charge is 2.18. The van der Waals surface area contributed by atoms with Crippen molar-refractivity contribution in [3.8, 4) is 16.9 Å². The van der Waals surface area contributed by atoms with Crippen LogP contribution in [0.25, 0.3) is 11.1 Å². The fraction of sp³-hybridized carbons (Fsp3) is 0.150. The Bertz CT molecular complexity index is 1030. The third kappa shape index (κ3) is 3.86. The van der Waals surface area contributed by atoms with Crippen LogP contribution in [0, 0.1) is 13.8 Å². The summed E-state index contributed by atoms with van der Waals surface area (Å²) >= 11 is 0. The Morgan fingerprint density at radius 2 is 1.62 bits per heavy atom. The summed E-state index contributed by atoms with van der Waals surface area (Å²) in [5.74, 6) is 1.09. The number of aryl methyl sites for hydroxylation is 2. The van der Waals surface area contributed by atoms with Crippen molar-refractivity contribution in [2.24, 2.45) is 0 Å². The van der Waals surface area contributed by atoms with E-state index in [2.05, 4.69) is 9.71 Å². The maximum absolute atomic E-state index is 12.7. The normalized spacial score (nSPS) is 11.2. The van der Waals surface area contributed by atoms with Crippen molar-refractivity contribution in [3.63, 3.8) is 0 Å². The van der Waals surface area contributed by atoms with Crippen LogP contribution in [0.15, 0.2) is 65.6 Å². The van der Waals surface area contributed by atoms with Crippen LogP contribution >= 0.6 is 0 Å². The number of pyridine rings is 1. The van der Waals surface area contributed by atoms with Crippen molar-refractivity contribution in [2.75, 3.05) is 11.8 Å². The quantitative estimate of drug-likeness (QED) is 0.734. The standard InChI is InChI=1S/C20H20N2O3S/c1-14-13-17(16-7-10-18(25-3)11-8-16)9-12-19(14)26(23,24)22-20-6-4-5-15(2)21-20/h4-13H,1-3H3,(H,21,22). The van der Waals surface area contributed by atoms with Crippen LogP contribution in [-0.2, 0) is 10.0 Å². The Kier molecular flexibility index (Phi) is 4.95. The first kappa shape index (κ1) is 17.9.